The maximum Gasteiger partial charge on any atom is 0.137 e. The van der Waals surface area contributed by atoms with Gasteiger partial charge in [0.2, 0.25) is 0 Å². The Morgan fingerprint density at radius 1 is 1.44 bits per heavy atom. The minimum Gasteiger partial charge on any atom is -0.398 e. The zero-order chi connectivity index (χ0) is 13.3. The third-order valence-electron chi connectivity index (χ3n) is 3.27. The Morgan fingerprint density at radius 3 is 2.67 bits per heavy atom. The molecule has 1 aliphatic rings. The highest BCUT2D eigenvalue weighted by molar-refractivity contribution is 6.02. The standard InChI is InChI=1S/C13H17F2N3/c1-18(9-2-3-9)5-4-11(16)13-10(15)6-8(14)7-12(13)17/h6-7,9,16H,2-5,17H2,1H3. The number of anilines is 1. The summed E-state index contributed by atoms with van der Waals surface area (Å²) in [6.45, 7) is 0.694. The summed E-state index contributed by atoms with van der Waals surface area (Å²) >= 11 is 0. The first-order chi connectivity index (χ1) is 8.49. The zero-order valence-electron chi connectivity index (χ0n) is 10.3. The van der Waals surface area contributed by atoms with E-state index >= 15 is 0 Å². The van der Waals surface area contributed by atoms with Crippen molar-refractivity contribution in [2.24, 2.45) is 0 Å². The van der Waals surface area contributed by atoms with E-state index in [0.717, 1.165) is 12.1 Å². The minimum absolute atomic E-state index is 0.00780. The number of nitrogens with one attached hydrogen (secondary N) is 1. The lowest BCUT2D eigenvalue weighted by molar-refractivity contribution is 0.334. The molecule has 0 saturated heterocycles. The van der Waals surface area contributed by atoms with Gasteiger partial charge in [-0.15, -0.1) is 0 Å². The molecular weight excluding hydrogens is 236 g/mol. The van der Waals surface area contributed by atoms with Crippen molar-refractivity contribution in [2.75, 3.05) is 19.3 Å². The van der Waals surface area contributed by atoms with Crippen LogP contribution in [0.15, 0.2) is 12.1 Å². The Balaban J connectivity index is 2.04. The molecule has 0 atom stereocenters. The summed E-state index contributed by atoms with van der Waals surface area (Å²) in [5, 5.41) is 7.87. The number of nitrogen functional groups attached to an aromatic ring is 1. The maximum atomic E-state index is 13.6. The second-order valence-corrected chi connectivity index (χ2v) is 4.79. The van der Waals surface area contributed by atoms with Gasteiger partial charge in [0.25, 0.3) is 0 Å². The van der Waals surface area contributed by atoms with Crippen molar-refractivity contribution in [3.05, 3.63) is 29.3 Å². The Morgan fingerprint density at radius 2 is 2.11 bits per heavy atom. The Labute approximate surface area is 105 Å². The molecule has 3 nitrogen and oxygen atoms in total. The van der Waals surface area contributed by atoms with Crippen LogP contribution in [0.4, 0.5) is 14.5 Å². The predicted molar refractivity (Wildman–Crippen MR) is 67.9 cm³/mol. The van der Waals surface area contributed by atoms with Crippen molar-refractivity contribution < 1.29 is 8.78 Å². The molecule has 0 bridgehead atoms. The number of benzene rings is 1. The molecule has 1 aliphatic carbocycles. The molecule has 3 N–H and O–H groups in total. The number of hydrogen-bond acceptors (Lipinski definition) is 3. The van der Waals surface area contributed by atoms with E-state index in [1.807, 2.05) is 7.05 Å². The summed E-state index contributed by atoms with van der Waals surface area (Å²) in [5.41, 5.74) is 5.71. The van der Waals surface area contributed by atoms with Crippen molar-refractivity contribution in [2.45, 2.75) is 25.3 Å². The predicted octanol–water partition coefficient (Wildman–Crippen LogP) is 2.40. The van der Waals surface area contributed by atoms with Gasteiger partial charge < -0.3 is 16.0 Å². The fourth-order valence-corrected chi connectivity index (χ4v) is 2.02. The van der Waals surface area contributed by atoms with Gasteiger partial charge in [-0.1, -0.05) is 0 Å². The molecule has 1 aromatic rings. The topological polar surface area (TPSA) is 53.1 Å². The van der Waals surface area contributed by atoms with Crippen LogP contribution in [-0.2, 0) is 0 Å². The molecule has 0 aromatic heterocycles. The van der Waals surface area contributed by atoms with E-state index in [0.29, 0.717) is 19.0 Å². The first kappa shape index (κ1) is 13.0. The normalized spacial score (nSPS) is 15.1. The number of nitrogens with two attached hydrogens (primary N) is 1. The van der Waals surface area contributed by atoms with Crippen LogP contribution < -0.4 is 5.73 Å². The molecular formula is C13H17F2N3. The van der Waals surface area contributed by atoms with Gasteiger partial charge in [-0.2, -0.15) is 0 Å². The fraction of sp³-hybridized carbons (Fsp3) is 0.462. The van der Waals surface area contributed by atoms with Gasteiger partial charge in [-0.05, 0) is 26.0 Å². The Hall–Kier alpha value is -1.49. The number of nitrogens with zero attached hydrogens (tertiary/aromatic N) is 1. The molecule has 98 valence electrons. The second-order valence-electron chi connectivity index (χ2n) is 4.79. The summed E-state index contributed by atoms with van der Waals surface area (Å²) in [6, 6.07) is 2.43. The third-order valence-corrected chi connectivity index (χ3v) is 3.27. The van der Waals surface area contributed by atoms with Crippen LogP contribution in [0.3, 0.4) is 0 Å². The van der Waals surface area contributed by atoms with E-state index in [2.05, 4.69) is 4.90 Å². The SMILES string of the molecule is CN(CCC(=N)c1c(N)cc(F)cc1F)C1CC1. The van der Waals surface area contributed by atoms with Gasteiger partial charge in [0.05, 0.1) is 5.56 Å². The molecule has 0 spiro atoms. The molecule has 0 amide bonds. The van der Waals surface area contributed by atoms with Crippen LogP contribution in [0.5, 0.6) is 0 Å². The van der Waals surface area contributed by atoms with Crippen molar-refractivity contribution in [1.29, 1.82) is 5.41 Å². The first-order valence-electron chi connectivity index (χ1n) is 6.01. The molecule has 0 radical (unpaired) electrons. The molecule has 1 fully saturated rings. The minimum atomic E-state index is -0.758. The largest absolute Gasteiger partial charge is 0.398 e. The quantitative estimate of drug-likeness (QED) is 0.625. The number of halogens is 2. The molecule has 18 heavy (non-hydrogen) atoms. The van der Waals surface area contributed by atoms with Crippen LogP contribution >= 0.6 is 0 Å². The molecule has 0 aliphatic heterocycles. The van der Waals surface area contributed by atoms with Gasteiger partial charge in [0.15, 0.2) is 0 Å². The lowest BCUT2D eigenvalue weighted by Crippen LogP contribution is -2.24. The lowest BCUT2D eigenvalue weighted by Gasteiger charge is -2.16. The highest BCUT2D eigenvalue weighted by Gasteiger charge is 2.26. The van der Waals surface area contributed by atoms with Gasteiger partial charge in [-0.3, -0.25) is 0 Å². The van der Waals surface area contributed by atoms with Gasteiger partial charge >= 0.3 is 0 Å². The molecule has 2 rings (SSSR count). The number of hydrogen-bond donors (Lipinski definition) is 2. The van der Waals surface area contributed by atoms with Crippen molar-refractivity contribution >= 4 is 11.4 Å². The Kier molecular flexibility index (Phi) is 3.61. The van der Waals surface area contributed by atoms with Crippen molar-refractivity contribution in [3.63, 3.8) is 0 Å². The maximum absolute atomic E-state index is 13.6. The van der Waals surface area contributed by atoms with E-state index in [1.165, 1.54) is 12.8 Å². The van der Waals surface area contributed by atoms with E-state index in [1.54, 1.807) is 0 Å². The summed E-state index contributed by atoms with van der Waals surface area (Å²) < 4.78 is 26.5. The monoisotopic (exact) mass is 253 g/mol. The summed E-state index contributed by atoms with van der Waals surface area (Å²) in [7, 11) is 2.00. The van der Waals surface area contributed by atoms with E-state index in [9.17, 15) is 8.78 Å². The molecule has 5 heteroatoms. The van der Waals surface area contributed by atoms with Crippen LogP contribution in [0.1, 0.15) is 24.8 Å². The summed E-state index contributed by atoms with van der Waals surface area (Å²) in [4.78, 5) is 2.16. The van der Waals surface area contributed by atoms with E-state index in [4.69, 9.17) is 11.1 Å². The third kappa shape index (κ3) is 2.85. The van der Waals surface area contributed by atoms with Crippen LogP contribution in [0.25, 0.3) is 0 Å². The molecule has 0 unspecified atom stereocenters. The highest BCUT2D eigenvalue weighted by atomic mass is 19.1. The average molecular weight is 253 g/mol. The molecule has 1 saturated carbocycles. The summed E-state index contributed by atoms with van der Waals surface area (Å²) in [5.74, 6) is -1.47. The van der Waals surface area contributed by atoms with Gasteiger partial charge in [0.1, 0.15) is 11.6 Å². The van der Waals surface area contributed by atoms with Crippen LogP contribution in [0.2, 0.25) is 0 Å². The lowest BCUT2D eigenvalue weighted by atomic mass is 10.0. The second kappa shape index (κ2) is 5.02. The average Bonchev–Trinajstić information content (AvgIpc) is 3.07. The highest BCUT2D eigenvalue weighted by Crippen LogP contribution is 2.26. The van der Waals surface area contributed by atoms with Crippen LogP contribution in [0, 0.1) is 17.0 Å². The zero-order valence-corrected chi connectivity index (χ0v) is 10.3. The fourth-order valence-electron chi connectivity index (χ4n) is 2.02. The van der Waals surface area contributed by atoms with Crippen molar-refractivity contribution in [1.82, 2.24) is 4.90 Å². The molecule has 0 heterocycles. The van der Waals surface area contributed by atoms with Gasteiger partial charge in [-0.25, -0.2) is 8.78 Å². The van der Waals surface area contributed by atoms with Crippen molar-refractivity contribution in [3.8, 4) is 0 Å². The van der Waals surface area contributed by atoms with E-state index in [-0.39, 0.29) is 17.0 Å². The van der Waals surface area contributed by atoms with E-state index < -0.39 is 11.6 Å². The smallest absolute Gasteiger partial charge is 0.137 e. The van der Waals surface area contributed by atoms with Crippen LogP contribution in [-0.4, -0.2) is 30.2 Å². The number of rotatable bonds is 5. The summed E-state index contributed by atoms with van der Waals surface area (Å²) in [6.07, 6.45) is 2.80. The van der Waals surface area contributed by atoms with Gasteiger partial charge in [0, 0.05) is 36.5 Å². The Bertz CT molecular complexity index is 446. The first-order valence-corrected chi connectivity index (χ1v) is 6.01. The molecule has 1 aromatic carbocycles.